The average molecular weight is 383 g/mol. The van der Waals surface area contributed by atoms with E-state index in [1.54, 1.807) is 30.3 Å². The molecule has 3 N–H and O–H groups in total. The van der Waals surface area contributed by atoms with Gasteiger partial charge in [-0.2, -0.15) is 4.31 Å². The number of carbonyl (C=O) groups is 2. The zero-order chi connectivity index (χ0) is 18.8. The summed E-state index contributed by atoms with van der Waals surface area (Å²) in [7, 11) is -4.26. The summed E-state index contributed by atoms with van der Waals surface area (Å²) in [6.45, 7) is 1.41. The number of hydrogen-bond donors (Lipinski definition) is 2. The third-order valence-corrected chi connectivity index (χ3v) is 5.82. The number of nitrogens with two attached hydrogens (primary N) is 1. The lowest BCUT2D eigenvalue weighted by Crippen LogP contribution is -2.42. The number of primary amides is 1. The molecular weight excluding hydrogens is 368 g/mol. The van der Waals surface area contributed by atoms with E-state index in [1.165, 1.54) is 6.92 Å². The van der Waals surface area contributed by atoms with Crippen LogP contribution >= 0.6 is 11.6 Å². The number of carboxylic acid groups (broad SMARTS) is 1. The summed E-state index contributed by atoms with van der Waals surface area (Å²) in [5.74, 6) is -1.32. The first-order valence-corrected chi connectivity index (χ1v) is 8.95. The van der Waals surface area contributed by atoms with Crippen molar-refractivity contribution in [3.63, 3.8) is 0 Å². The molecule has 25 heavy (non-hydrogen) atoms. The van der Waals surface area contributed by atoms with Crippen molar-refractivity contribution in [1.82, 2.24) is 0 Å². The lowest BCUT2D eigenvalue weighted by Gasteiger charge is -2.25. The lowest BCUT2D eigenvalue weighted by atomic mass is 10.2. The van der Waals surface area contributed by atoms with E-state index >= 15 is 0 Å². The van der Waals surface area contributed by atoms with Gasteiger partial charge in [0.05, 0.1) is 11.3 Å². The number of urea groups is 1. The molecule has 9 heteroatoms. The van der Waals surface area contributed by atoms with Gasteiger partial charge in [0, 0.05) is 5.02 Å². The third-order valence-electron chi connectivity index (χ3n) is 3.53. The first-order chi connectivity index (χ1) is 11.6. The summed E-state index contributed by atoms with van der Waals surface area (Å²) >= 11 is 5.85. The molecule has 0 aliphatic rings. The minimum Gasteiger partial charge on any atom is -0.478 e. The van der Waals surface area contributed by atoms with Crippen molar-refractivity contribution < 1.29 is 23.1 Å². The summed E-state index contributed by atoms with van der Waals surface area (Å²) in [5, 5.41) is 7.97. The first kappa shape index (κ1) is 18.8. The second-order valence-corrected chi connectivity index (χ2v) is 7.74. The van der Waals surface area contributed by atoms with Crippen molar-refractivity contribution in [1.29, 1.82) is 0 Å². The van der Waals surface area contributed by atoms with E-state index in [1.807, 2.05) is 0 Å². The monoisotopic (exact) mass is 382 g/mol. The Kier molecular flexibility index (Phi) is 5.34. The fourth-order valence-corrected chi connectivity index (χ4v) is 3.97. The highest BCUT2D eigenvalue weighted by atomic mass is 35.5. The number of benzene rings is 2. The Balaban J connectivity index is 2.58. The Bertz CT molecular complexity index is 915. The minimum atomic E-state index is -4.26. The topological polar surface area (TPSA) is 118 Å². The fraction of sp³-hybridized carbons (Fsp3) is 0.125. The number of rotatable bonds is 5. The van der Waals surface area contributed by atoms with E-state index in [0.29, 0.717) is 9.87 Å². The van der Waals surface area contributed by atoms with Crippen LogP contribution in [0.25, 0.3) is 0 Å². The number of aromatic carboxylic acids is 1. The molecule has 0 radical (unpaired) electrons. The van der Waals surface area contributed by atoms with E-state index in [2.05, 4.69) is 0 Å². The number of anilines is 1. The Morgan fingerprint density at radius 3 is 2.28 bits per heavy atom. The summed E-state index contributed by atoms with van der Waals surface area (Å²) in [6, 6.07) is 10.3. The van der Waals surface area contributed by atoms with Crippen LogP contribution in [0.4, 0.5) is 10.5 Å². The molecule has 0 fully saturated rings. The van der Waals surface area contributed by atoms with Gasteiger partial charge in [0.2, 0.25) is 10.0 Å². The molecule has 2 aromatic carbocycles. The first-order valence-electron chi connectivity index (χ1n) is 7.07. The summed E-state index contributed by atoms with van der Waals surface area (Å²) < 4.78 is 26.2. The summed E-state index contributed by atoms with van der Waals surface area (Å²) in [4.78, 5) is 23.0. The number of carbonyl (C=O) groups excluding carboxylic acids is 1. The van der Waals surface area contributed by atoms with Crippen LogP contribution in [-0.4, -0.2) is 25.5 Å². The standard InChI is InChI=1S/C16H15ClN2O5S/c1-10(11-5-3-2-4-6-11)25(23,24)19(16(18)22)14-8-12(15(20)21)7-13(17)9-14/h2-10H,1H3,(H2,18,22)(H,20,21). The van der Waals surface area contributed by atoms with E-state index in [0.717, 1.165) is 18.2 Å². The molecule has 1 unspecified atom stereocenters. The van der Waals surface area contributed by atoms with Crippen LogP contribution in [-0.2, 0) is 10.0 Å². The van der Waals surface area contributed by atoms with Crippen LogP contribution in [0.5, 0.6) is 0 Å². The number of nitrogens with zero attached hydrogens (tertiary/aromatic N) is 1. The zero-order valence-electron chi connectivity index (χ0n) is 13.1. The molecule has 0 aliphatic heterocycles. The van der Waals surface area contributed by atoms with Crippen molar-refractivity contribution in [2.24, 2.45) is 5.73 Å². The normalized spacial score (nSPS) is 12.4. The zero-order valence-corrected chi connectivity index (χ0v) is 14.7. The predicted molar refractivity (Wildman–Crippen MR) is 94.3 cm³/mol. The van der Waals surface area contributed by atoms with E-state index in [9.17, 15) is 18.0 Å². The Labute approximate surface area is 149 Å². The molecule has 0 bridgehead atoms. The SMILES string of the molecule is CC(c1ccccc1)S(=O)(=O)N(C(N)=O)c1cc(Cl)cc(C(=O)O)c1. The molecule has 0 spiro atoms. The van der Waals surface area contributed by atoms with Crippen molar-refractivity contribution in [2.45, 2.75) is 12.2 Å². The van der Waals surface area contributed by atoms with Gasteiger partial charge < -0.3 is 10.8 Å². The molecule has 132 valence electrons. The van der Waals surface area contributed by atoms with Gasteiger partial charge in [-0.15, -0.1) is 0 Å². The highest BCUT2D eigenvalue weighted by molar-refractivity contribution is 7.93. The second kappa shape index (κ2) is 7.12. The van der Waals surface area contributed by atoms with Crippen molar-refractivity contribution in [3.05, 3.63) is 64.7 Å². The third kappa shape index (κ3) is 3.92. The van der Waals surface area contributed by atoms with E-state index in [-0.39, 0.29) is 16.3 Å². The Morgan fingerprint density at radius 1 is 1.16 bits per heavy atom. The summed E-state index contributed by atoms with van der Waals surface area (Å²) in [5.41, 5.74) is 5.21. The second-order valence-electron chi connectivity index (χ2n) is 5.20. The molecule has 2 aromatic rings. The Morgan fingerprint density at radius 2 is 1.76 bits per heavy atom. The van der Waals surface area contributed by atoms with Gasteiger partial charge in [0.15, 0.2) is 0 Å². The number of sulfonamides is 1. The highest BCUT2D eigenvalue weighted by Crippen LogP contribution is 2.31. The van der Waals surface area contributed by atoms with Crippen LogP contribution in [0, 0.1) is 0 Å². The molecule has 2 rings (SSSR count). The van der Waals surface area contributed by atoms with Crippen LogP contribution < -0.4 is 10.0 Å². The van der Waals surface area contributed by atoms with E-state index in [4.69, 9.17) is 22.4 Å². The average Bonchev–Trinajstić information content (AvgIpc) is 2.53. The molecule has 0 aromatic heterocycles. The van der Waals surface area contributed by atoms with Gasteiger partial charge in [-0.25, -0.2) is 18.0 Å². The largest absolute Gasteiger partial charge is 0.478 e. The lowest BCUT2D eigenvalue weighted by molar-refractivity contribution is 0.0697. The van der Waals surface area contributed by atoms with Crippen LogP contribution in [0.2, 0.25) is 5.02 Å². The van der Waals surface area contributed by atoms with E-state index < -0.39 is 27.3 Å². The number of amides is 2. The quantitative estimate of drug-likeness (QED) is 0.824. The molecular formula is C16H15ClN2O5S. The highest BCUT2D eigenvalue weighted by Gasteiger charge is 2.34. The van der Waals surface area contributed by atoms with Gasteiger partial charge in [0.1, 0.15) is 5.25 Å². The molecule has 0 aliphatic carbocycles. The van der Waals surface area contributed by atoms with Crippen LogP contribution in [0.1, 0.15) is 28.1 Å². The van der Waals surface area contributed by atoms with Gasteiger partial charge >= 0.3 is 12.0 Å². The van der Waals surface area contributed by atoms with Gasteiger partial charge in [-0.05, 0) is 30.7 Å². The molecule has 7 nitrogen and oxygen atoms in total. The minimum absolute atomic E-state index is 0.0382. The van der Waals surface area contributed by atoms with Crippen molar-refractivity contribution in [3.8, 4) is 0 Å². The van der Waals surface area contributed by atoms with Crippen molar-refractivity contribution in [2.75, 3.05) is 4.31 Å². The van der Waals surface area contributed by atoms with Gasteiger partial charge in [-0.1, -0.05) is 41.9 Å². The smallest absolute Gasteiger partial charge is 0.335 e. The predicted octanol–water partition coefficient (Wildman–Crippen LogP) is 3.01. The van der Waals surface area contributed by atoms with Crippen LogP contribution in [0.3, 0.4) is 0 Å². The molecule has 0 heterocycles. The fourth-order valence-electron chi connectivity index (χ4n) is 2.27. The van der Waals surface area contributed by atoms with Gasteiger partial charge in [-0.3, -0.25) is 0 Å². The maximum absolute atomic E-state index is 12.9. The maximum Gasteiger partial charge on any atom is 0.335 e. The van der Waals surface area contributed by atoms with Gasteiger partial charge in [0.25, 0.3) is 0 Å². The molecule has 2 amide bonds. The Hall–Kier alpha value is -2.58. The number of hydrogen-bond acceptors (Lipinski definition) is 4. The number of halogens is 1. The van der Waals surface area contributed by atoms with Crippen molar-refractivity contribution >= 4 is 39.3 Å². The molecule has 0 saturated carbocycles. The molecule has 1 atom stereocenters. The maximum atomic E-state index is 12.9. The molecule has 0 saturated heterocycles. The summed E-state index contributed by atoms with van der Waals surface area (Å²) in [6.07, 6.45) is 0. The number of carboxylic acids is 1. The van der Waals surface area contributed by atoms with Crippen LogP contribution in [0.15, 0.2) is 48.5 Å².